The monoisotopic (exact) mass is 423 g/mol. The summed E-state index contributed by atoms with van der Waals surface area (Å²) in [7, 11) is 0. The highest BCUT2D eigenvalue weighted by molar-refractivity contribution is 5.79. The number of piperidine rings is 1. The van der Waals surface area contributed by atoms with Crippen molar-refractivity contribution in [2.24, 2.45) is 5.92 Å². The number of amides is 1. The van der Waals surface area contributed by atoms with Crippen molar-refractivity contribution in [3.05, 3.63) is 58.4 Å². The number of rotatable bonds is 6. The quantitative estimate of drug-likeness (QED) is 0.523. The number of nitro groups is 1. The van der Waals surface area contributed by atoms with E-state index in [2.05, 4.69) is 9.97 Å². The van der Waals surface area contributed by atoms with Crippen molar-refractivity contribution < 1.29 is 22.9 Å². The summed E-state index contributed by atoms with van der Waals surface area (Å²) in [5.74, 6) is -0.746. The van der Waals surface area contributed by atoms with E-state index in [1.165, 1.54) is 24.3 Å². The predicted octanol–water partition coefficient (Wildman–Crippen LogP) is 3.19. The van der Waals surface area contributed by atoms with Gasteiger partial charge in [-0.15, -0.1) is 0 Å². The number of hydrogen-bond donors (Lipinski definition) is 0. The van der Waals surface area contributed by atoms with E-state index in [1.807, 2.05) is 4.90 Å². The van der Waals surface area contributed by atoms with Crippen LogP contribution in [0.25, 0.3) is 0 Å². The maximum Gasteiger partial charge on any atom is 0.406 e. The Morgan fingerprint density at radius 3 is 2.40 bits per heavy atom. The molecule has 1 aromatic heterocycles. The van der Waals surface area contributed by atoms with Crippen LogP contribution in [0.3, 0.4) is 0 Å². The fourth-order valence-electron chi connectivity index (χ4n) is 3.50. The van der Waals surface area contributed by atoms with Gasteiger partial charge in [0, 0.05) is 43.0 Å². The molecule has 1 amide bonds. The summed E-state index contributed by atoms with van der Waals surface area (Å²) in [5.41, 5.74) is -0.247. The zero-order chi connectivity index (χ0) is 21.7. The lowest BCUT2D eigenvalue weighted by atomic mass is 9.95. The maximum atomic E-state index is 13.1. The van der Waals surface area contributed by atoms with Gasteiger partial charge in [0.2, 0.25) is 11.9 Å². The van der Waals surface area contributed by atoms with Crippen molar-refractivity contribution in [3.8, 4) is 0 Å². The fraction of sp³-hybridized carbons (Fsp3) is 0.421. The first-order chi connectivity index (χ1) is 14.2. The summed E-state index contributed by atoms with van der Waals surface area (Å²) in [6.07, 6.45) is -0.725. The van der Waals surface area contributed by atoms with Crippen molar-refractivity contribution in [2.45, 2.75) is 25.6 Å². The Balaban J connectivity index is 1.73. The van der Waals surface area contributed by atoms with E-state index in [9.17, 15) is 28.1 Å². The van der Waals surface area contributed by atoms with E-state index in [4.69, 9.17) is 0 Å². The number of carbonyl (C=O) groups is 1. The van der Waals surface area contributed by atoms with Crippen molar-refractivity contribution >= 4 is 17.5 Å². The Bertz CT molecular complexity index is 886. The zero-order valence-corrected chi connectivity index (χ0v) is 16.0. The SMILES string of the molecule is O=C(C1CCN(c2ncccn2)CC1)N(Cc1ccccc1[N+](=O)[O-])CC(F)(F)F. The first kappa shape index (κ1) is 21.5. The number of hydrogen-bond acceptors (Lipinski definition) is 6. The highest BCUT2D eigenvalue weighted by atomic mass is 19.4. The number of para-hydroxylation sites is 1. The Labute approximate surface area is 170 Å². The smallest absolute Gasteiger partial charge is 0.341 e. The summed E-state index contributed by atoms with van der Waals surface area (Å²) in [4.78, 5) is 34.3. The van der Waals surface area contributed by atoms with Gasteiger partial charge in [-0.2, -0.15) is 13.2 Å². The van der Waals surface area contributed by atoms with Crippen LogP contribution in [-0.2, 0) is 11.3 Å². The lowest BCUT2D eigenvalue weighted by Crippen LogP contribution is -2.45. The molecular formula is C19H20F3N5O3. The second kappa shape index (κ2) is 9.06. The lowest BCUT2D eigenvalue weighted by molar-refractivity contribution is -0.385. The van der Waals surface area contributed by atoms with Gasteiger partial charge in [0.25, 0.3) is 5.69 Å². The topological polar surface area (TPSA) is 92.5 Å². The number of alkyl halides is 3. The summed E-state index contributed by atoms with van der Waals surface area (Å²) < 4.78 is 39.4. The van der Waals surface area contributed by atoms with Crippen LogP contribution < -0.4 is 4.90 Å². The largest absolute Gasteiger partial charge is 0.406 e. The van der Waals surface area contributed by atoms with Crippen molar-refractivity contribution in [3.63, 3.8) is 0 Å². The average molecular weight is 423 g/mol. The minimum Gasteiger partial charge on any atom is -0.341 e. The van der Waals surface area contributed by atoms with Crippen LogP contribution in [0.5, 0.6) is 0 Å². The van der Waals surface area contributed by atoms with Crippen LogP contribution in [0.15, 0.2) is 42.7 Å². The molecule has 0 radical (unpaired) electrons. The number of anilines is 1. The summed E-state index contributed by atoms with van der Waals surface area (Å²) in [6, 6.07) is 7.18. The van der Waals surface area contributed by atoms with E-state index in [-0.39, 0.29) is 11.3 Å². The normalized spacial score (nSPS) is 15.1. The molecule has 0 aliphatic carbocycles. The number of aromatic nitrogens is 2. The van der Waals surface area contributed by atoms with E-state index in [1.54, 1.807) is 18.5 Å². The molecule has 0 bridgehead atoms. The van der Waals surface area contributed by atoms with Crippen LogP contribution in [0.4, 0.5) is 24.8 Å². The fourth-order valence-corrected chi connectivity index (χ4v) is 3.50. The van der Waals surface area contributed by atoms with Crippen molar-refractivity contribution in [1.29, 1.82) is 0 Å². The minimum absolute atomic E-state index is 0.0650. The number of benzene rings is 1. The Morgan fingerprint density at radius 1 is 1.17 bits per heavy atom. The van der Waals surface area contributed by atoms with Gasteiger partial charge < -0.3 is 9.80 Å². The van der Waals surface area contributed by atoms with E-state index >= 15 is 0 Å². The molecule has 0 N–H and O–H groups in total. The molecule has 1 aliphatic rings. The number of nitrogens with zero attached hydrogens (tertiary/aromatic N) is 5. The Morgan fingerprint density at radius 2 is 1.80 bits per heavy atom. The zero-order valence-electron chi connectivity index (χ0n) is 16.0. The highest BCUT2D eigenvalue weighted by Crippen LogP contribution is 2.27. The van der Waals surface area contributed by atoms with Crippen LogP contribution >= 0.6 is 0 Å². The Hall–Kier alpha value is -3.24. The maximum absolute atomic E-state index is 13.1. The lowest BCUT2D eigenvalue weighted by Gasteiger charge is -2.34. The standard InChI is InChI=1S/C19H20F3N5O3/c20-19(21,22)13-26(12-15-4-1-2-5-16(15)27(29)30)17(28)14-6-10-25(11-7-14)18-23-8-3-9-24-18/h1-5,8-9,14H,6-7,10-13H2. The van der Waals surface area contributed by atoms with Crippen molar-refractivity contribution in [2.75, 3.05) is 24.5 Å². The third-order valence-electron chi connectivity index (χ3n) is 4.91. The molecule has 160 valence electrons. The van der Waals surface area contributed by atoms with Gasteiger partial charge in [0.05, 0.1) is 11.5 Å². The number of carbonyl (C=O) groups excluding carboxylic acids is 1. The van der Waals surface area contributed by atoms with Crippen LogP contribution in [0, 0.1) is 16.0 Å². The summed E-state index contributed by atoms with van der Waals surface area (Å²) in [5, 5.41) is 11.2. The highest BCUT2D eigenvalue weighted by Gasteiger charge is 2.37. The van der Waals surface area contributed by atoms with Gasteiger partial charge in [-0.1, -0.05) is 18.2 Å². The minimum atomic E-state index is -4.61. The van der Waals surface area contributed by atoms with Gasteiger partial charge >= 0.3 is 6.18 Å². The molecule has 0 saturated carbocycles. The second-order valence-corrected chi connectivity index (χ2v) is 7.01. The van der Waals surface area contributed by atoms with Crippen LogP contribution in [-0.4, -0.2) is 51.5 Å². The molecule has 1 aliphatic heterocycles. The van der Waals surface area contributed by atoms with Gasteiger partial charge in [-0.25, -0.2) is 9.97 Å². The molecule has 1 aromatic carbocycles. The van der Waals surface area contributed by atoms with Crippen LogP contribution in [0.2, 0.25) is 0 Å². The van der Waals surface area contributed by atoms with Gasteiger partial charge in [0.1, 0.15) is 6.54 Å². The van der Waals surface area contributed by atoms with Gasteiger partial charge in [-0.3, -0.25) is 14.9 Å². The molecule has 30 heavy (non-hydrogen) atoms. The average Bonchev–Trinajstić information content (AvgIpc) is 2.73. The molecule has 1 fully saturated rings. The third-order valence-corrected chi connectivity index (χ3v) is 4.91. The first-order valence-electron chi connectivity index (χ1n) is 9.34. The van der Waals surface area contributed by atoms with Crippen LogP contribution in [0.1, 0.15) is 18.4 Å². The summed E-state index contributed by atoms with van der Waals surface area (Å²) in [6.45, 7) is -1.06. The Kier molecular flexibility index (Phi) is 6.48. The molecule has 0 atom stereocenters. The second-order valence-electron chi connectivity index (χ2n) is 7.01. The number of nitro benzene ring substituents is 1. The molecule has 2 heterocycles. The molecule has 0 unspecified atom stereocenters. The van der Waals surface area contributed by atoms with Gasteiger partial charge in [-0.05, 0) is 18.9 Å². The molecule has 1 saturated heterocycles. The van der Waals surface area contributed by atoms with Gasteiger partial charge in [0.15, 0.2) is 0 Å². The summed E-state index contributed by atoms with van der Waals surface area (Å²) >= 11 is 0. The van der Waals surface area contributed by atoms with E-state index < -0.39 is 36.0 Å². The molecule has 11 heteroatoms. The molecule has 3 rings (SSSR count). The molecule has 0 spiro atoms. The van der Waals surface area contributed by atoms with E-state index in [0.29, 0.717) is 36.8 Å². The van der Waals surface area contributed by atoms with Crippen molar-refractivity contribution in [1.82, 2.24) is 14.9 Å². The third kappa shape index (κ3) is 5.43. The first-order valence-corrected chi connectivity index (χ1v) is 9.34. The molecule has 8 nitrogen and oxygen atoms in total. The van der Waals surface area contributed by atoms with E-state index in [0.717, 1.165) is 0 Å². The molecular weight excluding hydrogens is 403 g/mol. The number of halogens is 3. The molecule has 2 aromatic rings. The predicted molar refractivity (Wildman–Crippen MR) is 102 cm³/mol.